The summed E-state index contributed by atoms with van der Waals surface area (Å²) in [6.45, 7) is 0.301. The van der Waals surface area contributed by atoms with Crippen LogP contribution in [0.15, 0.2) is 46.9 Å². The van der Waals surface area contributed by atoms with Crippen molar-refractivity contribution < 1.29 is 9.47 Å². The van der Waals surface area contributed by atoms with Gasteiger partial charge in [0.25, 0.3) is 0 Å². The average molecular weight is 292 g/mol. The van der Waals surface area contributed by atoms with Crippen molar-refractivity contribution in [1.29, 1.82) is 0 Å². The van der Waals surface area contributed by atoms with Gasteiger partial charge in [0.05, 0.1) is 0 Å². The quantitative estimate of drug-likeness (QED) is 0.910. The number of halogens is 1. The van der Waals surface area contributed by atoms with E-state index in [1.54, 1.807) is 0 Å². The first-order chi connectivity index (χ1) is 8.31. The maximum Gasteiger partial charge on any atom is 0.231 e. The normalized spacial score (nSPS) is 12.5. The molecule has 0 amide bonds. The molecule has 0 bridgehead atoms. The zero-order chi connectivity index (χ0) is 11.7. The van der Waals surface area contributed by atoms with Crippen LogP contribution >= 0.6 is 15.9 Å². The van der Waals surface area contributed by atoms with Crippen LogP contribution in [0.1, 0.15) is 0 Å². The van der Waals surface area contributed by atoms with Gasteiger partial charge < -0.3 is 14.8 Å². The van der Waals surface area contributed by atoms with Gasteiger partial charge in [-0.2, -0.15) is 0 Å². The van der Waals surface area contributed by atoms with E-state index in [1.165, 1.54) is 0 Å². The number of fused-ring (bicyclic) bond motifs is 1. The zero-order valence-corrected chi connectivity index (χ0v) is 10.5. The first-order valence-electron chi connectivity index (χ1n) is 5.23. The third kappa shape index (κ3) is 2.22. The molecule has 1 aliphatic rings. The largest absolute Gasteiger partial charge is 0.454 e. The molecule has 2 aromatic rings. The number of benzene rings is 2. The second-order valence-corrected chi connectivity index (χ2v) is 4.62. The molecule has 1 N–H and O–H groups in total. The van der Waals surface area contributed by atoms with E-state index in [2.05, 4.69) is 21.2 Å². The van der Waals surface area contributed by atoms with Crippen LogP contribution < -0.4 is 14.8 Å². The molecule has 0 spiro atoms. The lowest BCUT2D eigenvalue weighted by atomic mass is 10.2. The molecule has 0 atom stereocenters. The highest BCUT2D eigenvalue weighted by molar-refractivity contribution is 9.10. The van der Waals surface area contributed by atoms with Crippen LogP contribution in [0.25, 0.3) is 0 Å². The lowest BCUT2D eigenvalue weighted by molar-refractivity contribution is 0.174. The minimum absolute atomic E-state index is 0.301. The minimum Gasteiger partial charge on any atom is -0.454 e. The van der Waals surface area contributed by atoms with Crippen LogP contribution in [-0.2, 0) is 0 Å². The molecule has 0 radical (unpaired) electrons. The molecule has 2 aromatic carbocycles. The first kappa shape index (κ1) is 10.5. The lowest BCUT2D eigenvalue weighted by Crippen LogP contribution is -1.93. The molecule has 86 valence electrons. The molecule has 3 nitrogen and oxygen atoms in total. The molecule has 4 heteroatoms. The van der Waals surface area contributed by atoms with Gasteiger partial charge in [0, 0.05) is 21.9 Å². The highest BCUT2D eigenvalue weighted by Gasteiger charge is 2.12. The number of nitrogens with one attached hydrogen (secondary N) is 1. The van der Waals surface area contributed by atoms with Gasteiger partial charge in [0.15, 0.2) is 11.5 Å². The van der Waals surface area contributed by atoms with Crippen molar-refractivity contribution in [2.45, 2.75) is 0 Å². The van der Waals surface area contributed by atoms with E-state index < -0.39 is 0 Å². The molecule has 0 saturated heterocycles. The molecule has 17 heavy (non-hydrogen) atoms. The van der Waals surface area contributed by atoms with Gasteiger partial charge in [-0.3, -0.25) is 0 Å². The number of anilines is 2. The average Bonchev–Trinajstić information content (AvgIpc) is 2.76. The molecule has 1 aliphatic heterocycles. The first-order valence-corrected chi connectivity index (χ1v) is 6.03. The Morgan fingerprint density at radius 3 is 2.65 bits per heavy atom. The minimum atomic E-state index is 0.301. The van der Waals surface area contributed by atoms with Crippen molar-refractivity contribution in [3.63, 3.8) is 0 Å². The SMILES string of the molecule is Brc1cccc(Nc2ccc3c(c2)OCO3)c1. The summed E-state index contributed by atoms with van der Waals surface area (Å²) in [7, 11) is 0. The highest BCUT2D eigenvalue weighted by atomic mass is 79.9. The molecule has 0 aromatic heterocycles. The summed E-state index contributed by atoms with van der Waals surface area (Å²) in [5.41, 5.74) is 2.01. The number of hydrogen-bond acceptors (Lipinski definition) is 3. The summed E-state index contributed by atoms with van der Waals surface area (Å²) in [6.07, 6.45) is 0. The Morgan fingerprint density at radius 2 is 1.76 bits per heavy atom. The second kappa shape index (κ2) is 4.30. The molecule has 1 heterocycles. The Bertz CT molecular complexity index is 557. The van der Waals surface area contributed by atoms with Gasteiger partial charge in [-0.1, -0.05) is 22.0 Å². The molecule has 0 aliphatic carbocycles. The van der Waals surface area contributed by atoms with Crippen LogP contribution in [0.3, 0.4) is 0 Å². The molecule has 0 unspecified atom stereocenters. The van der Waals surface area contributed by atoms with Crippen molar-refractivity contribution in [3.8, 4) is 11.5 Å². The second-order valence-electron chi connectivity index (χ2n) is 3.70. The summed E-state index contributed by atoms with van der Waals surface area (Å²) in [4.78, 5) is 0. The third-order valence-corrected chi connectivity index (χ3v) is 2.98. The Morgan fingerprint density at radius 1 is 0.941 bits per heavy atom. The van der Waals surface area contributed by atoms with E-state index in [0.717, 1.165) is 27.3 Å². The van der Waals surface area contributed by atoms with Crippen molar-refractivity contribution in [2.75, 3.05) is 12.1 Å². The fourth-order valence-electron chi connectivity index (χ4n) is 1.71. The monoisotopic (exact) mass is 291 g/mol. The zero-order valence-electron chi connectivity index (χ0n) is 8.94. The Balaban J connectivity index is 1.86. The van der Waals surface area contributed by atoms with Gasteiger partial charge in [-0.25, -0.2) is 0 Å². The van der Waals surface area contributed by atoms with E-state index in [9.17, 15) is 0 Å². The van der Waals surface area contributed by atoms with Crippen LogP contribution in [0.5, 0.6) is 11.5 Å². The fourth-order valence-corrected chi connectivity index (χ4v) is 2.11. The molecule has 0 saturated carbocycles. The Labute approximate surface area is 107 Å². The smallest absolute Gasteiger partial charge is 0.231 e. The Kier molecular flexibility index (Phi) is 2.65. The van der Waals surface area contributed by atoms with Crippen LogP contribution in [-0.4, -0.2) is 6.79 Å². The van der Waals surface area contributed by atoms with Gasteiger partial charge in [-0.05, 0) is 30.3 Å². The van der Waals surface area contributed by atoms with Gasteiger partial charge >= 0.3 is 0 Å². The van der Waals surface area contributed by atoms with Crippen molar-refractivity contribution in [3.05, 3.63) is 46.9 Å². The molecule has 0 fully saturated rings. The summed E-state index contributed by atoms with van der Waals surface area (Å²) in [5.74, 6) is 1.58. The van der Waals surface area contributed by atoms with Gasteiger partial charge in [0.2, 0.25) is 6.79 Å². The Hall–Kier alpha value is -1.68. The maximum atomic E-state index is 5.33. The summed E-state index contributed by atoms with van der Waals surface area (Å²) < 4.78 is 11.6. The maximum absolute atomic E-state index is 5.33. The van der Waals surface area contributed by atoms with Crippen molar-refractivity contribution in [2.24, 2.45) is 0 Å². The standard InChI is InChI=1S/C13H10BrNO2/c14-9-2-1-3-10(6-9)15-11-4-5-12-13(7-11)17-8-16-12/h1-7,15H,8H2. The van der Waals surface area contributed by atoms with Crippen LogP contribution in [0, 0.1) is 0 Å². The summed E-state index contributed by atoms with van der Waals surface area (Å²) >= 11 is 3.44. The number of hydrogen-bond donors (Lipinski definition) is 1. The molecular weight excluding hydrogens is 282 g/mol. The van der Waals surface area contributed by atoms with Crippen molar-refractivity contribution >= 4 is 27.3 Å². The highest BCUT2D eigenvalue weighted by Crippen LogP contribution is 2.35. The molecule has 3 rings (SSSR count). The predicted octanol–water partition coefficient (Wildman–Crippen LogP) is 3.92. The van der Waals surface area contributed by atoms with Crippen LogP contribution in [0.4, 0.5) is 11.4 Å². The summed E-state index contributed by atoms with van der Waals surface area (Å²) in [6, 6.07) is 13.8. The molecular formula is C13H10BrNO2. The lowest BCUT2D eigenvalue weighted by Gasteiger charge is -2.07. The number of rotatable bonds is 2. The van der Waals surface area contributed by atoms with Crippen LogP contribution in [0.2, 0.25) is 0 Å². The van der Waals surface area contributed by atoms with E-state index in [0.29, 0.717) is 6.79 Å². The number of ether oxygens (including phenoxy) is 2. The van der Waals surface area contributed by atoms with E-state index in [1.807, 2.05) is 42.5 Å². The van der Waals surface area contributed by atoms with Gasteiger partial charge in [-0.15, -0.1) is 0 Å². The van der Waals surface area contributed by atoms with Crippen molar-refractivity contribution in [1.82, 2.24) is 0 Å². The summed E-state index contributed by atoms with van der Waals surface area (Å²) in [5, 5.41) is 3.31. The van der Waals surface area contributed by atoms with E-state index in [-0.39, 0.29) is 0 Å². The van der Waals surface area contributed by atoms with E-state index >= 15 is 0 Å². The fraction of sp³-hybridized carbons (Fsp3) is 0.0769. The van der Waals surface area contributed by atoms with E-state index in [4.69, 9.17) is 9.47 Å². The third-order valence-electron chi connectivity index (χ3n) is 2.49. The van der Waals surface area contributed by atoms with Gasteiger partial charge in [0.1, 0.15) is 0 Å². The topological polar surface area (TPSA) is 30.5 Å². The predicted molar refractivity (Wildman–Crippen MR) is 70.0 cm³/mol.